The molecule has 90 valence electrons. The summed E-state index contributed by atoms with van der Waals surface area (Å²) in [6, 6.07) is 7.88. The van der Waals surface area contributed by atoms with Gasteiger partial charge in [0.15, 0.2) is 0 Å². The summed E-state index contributed by atoms with van der Waals surface area (Å²) in [5.74, 6) is 0.0769. The van der Waals surface area contributed by atoms with Crippen molar-refractivity contribution in [1.82, 2.24) is 4.98 Å². The summed E-state index contributed by atoms with van der Waals surface area (Å²) in [4.78, 5) is 14.9. The van der Waals surface area contributed by atoms with E-state index in [1.54, 1.807) is 0 Å². The van der Waals surface area contributed by atoms with Crippen LogP contribution in [-0.4, -0.2) is 16.2 Å². The van der Waals surface area contributed by atoms with Gasteiger partial charge in [-0.3, -0.25) is 4.79 Å². The zero-order valence-electron chi connectivity index (χ0n) is 9.50. The van der Waals surface area contributed by atoms with Gasteiger partial charge in [0, 0.05) is 23.3 Å². The molecule has 0 fully saturated rings. The molecule has 2 aromatic rings. The SMILES string of the molecule is O=C(CCCCBr)Nc1cccc2cc[nH]c12. The molecule has 17 heavy (non-hydrogen) atoms. The third-order valence-corrected chi connectivity index (χ3v) is 3.21. The molecule has 0 spiro atoms. The number of aromatic amines is 1. The van der Waals surface area contributed by atoms with Gasteiger partial charge >= 0.3 is 0 Å². The minimum Gasteiger partial charge on any atom is -0.359 e. The van der Waals surface area contributed by atoms with Crippen molar-refractivity contribution in [2.24, 2.45) is 0 Å². The summed E-state index contributed by atoms with van der Waals surface area (Å²) in [6.07, 6.45) is 4.39. The smallest absolute Gasteiger partial charge is 0.224 e. The summed E-state index contributed by atoms with van der Waals surface area (Å²) < 4.78 is 0. The molecule has 0 aliphatic carbocycles. The van der Waals surface area contributed by atoms with Crippen molar-refractivity contribution in [3.63, 3.8) is 0 Å². The molecule has 0 saturated carbocycles. The summed E-state index contributed by atoms with van der Waals surface area (Å²) in [6.45, 7) is 0. The van der Waals surface area contributed by atoms with E-state index in [9.17, 15) is 4.79 Å². The number of para-hydroxylation sites is 1. The molecule has 0 saturated heterocycles. The van der Waals surface area contributed by atoms with Crippen molar-refractivity contribution < 1.29 is 4.79 Å². The average Bonchev–Trinajstić information content (AvgIpc) is 2.78. The Hall–Kier alpha value is -1.29. The molecule has 1 amide bonds. The molecule has 0 bridgehead atoms. The predicted molar refractivity (Wildman–Crippen MR) is 74.6 cm³/mol. The van der Waals surface area contributed by atoms with E-state index in [4.69, 9.17) is 0 Å². The van der Waals surface area contributed by atoms with E-state index in [0.717, 1.165) is 34.8 Å². The fraction of sp³-hybridized carbons (Fsp3) is 0.308. The number of nitrogens with one attached hydrogen (secondary N) is 2. The fourth-order valence-electron chi connectivity index (χ4n) is 1.78. The highest BCUT2D eigenvalue weighted by Crippen LogP contribution is 2.21. The van der Waals surface area contributed by atoms with E-state index in [-0.39, 0.29) is 5.91 Å². The molecule has 0 aliphatic heterocycles. The number of hydrogen-bond donors (Lipinski definition) is 2. The third-order valence-electron chi connectivity index (χ3n) is 2.65. The van der Waals surface area contributed by atoms with E-state index in [2.05, 4.69) is 26.2 Å². The van der Waals surface area contributed by atoms with Gasteiger partial charge in [-0.1, -0.05) is 28.1 Å². The standard InChI is InChI=1S/C13H15BrN2O/c14-8-2-1-6-12(17)16-11-5-3-4-10-7-9-15-13(10)11/h3-5,7,9,15H,1-2,6,8H2,(H,16,17). The van der Waals surface area contributed by atoms with Gasteiger partial charge in [0.25, 0.3) is 0 Å². The Balaban J connectivity index is 2.03. The number of carbonyl (C=O) groups is 1. The highest BCUT2D eigenvalue weighted by atomic mass is 79.9. The number of anilines is 1. The van der Waals surface area contributed by atoms with Crippen LogP contribution in [0, 0.1) is 0 Å². The Bertz CT molecular complexity index is 507. The first-order valence-corrected chi connectivity index (χ1v) is 6.85. The monoisotopic (exact) mass is 294 g/mol. The first-order valence-electron chi connectivity index (χ1n) is 5.73. The number of hydrogen-bond acceptors (Lipinski definition) is 1. The van der Waals surface area contributed by atoms with Crippen molar-refractivity contribution in [3.05, 3.63) is 30.5 Å². The van der Waals surface area contributed by atoms with Crippen molar-refractivity contribution in [2.75, 3.05) is 10.6 Å². The van der Waals surface area contributed by atoms with Crippen LogP contribution in [-0.2, 0) is 4.79 Å². The lowest BCUT2D eigenvalue weighted by Crippen LogP contribution is -2.11. The zero-order chi connectivity index (χ0) is 12.1. The normalized spacial score (nSPS) is 10.6. The van der Waals surface area contributed by atoms with Gasteiger partial charge in [-0.25, -0.2) is 0 Å². The van der Waals surface area contributed by atoms with Crippen LogP contribution in [0.1, 0.15) is 19.3 Å². The van der Waals surface area contributed by atoms with E-state index < -0.39 is 0 Å². The molecule has 0 atom stereocenters. The summed E-state index contributed by atoms with van der Waals surface area (Å²) in [5, 5.41) is 5.01. The molecule has 2 N–H and O–H groups in total. The molecule has 2 rings (SSSR count). The lowest BCUT2D eigenvalue weighted by molar-refractivity contribution is -0.116. The van der Waals surface area contributed by atoms with Gasteiger partial charge < -0.3 is 10.3 Å². The number of halogens is 1. The summed E-state index contributed by atoms with van der Waals surface area (Å²) in [7, 11) is 0. The van der Waals surface area contributed by atoms with Crippen molar-refractivity contribution in [2.45, 2.75) is 19.3 Å². The topological polar surface area (TPSA) is 44.9 Å². The van der Waals surface area contributed by atoms with Crippen LogP contribution in [0.2, 0.25) is 0 Å². The molecular weight excluding hydrogens is 280 g/mol. The van der Waals surface area contributed by atoms with Crippen LogP contribution < -0.4 is 5.32 Å². The second-order valence-corrected chi connectivity index (χ2v) is 4.73. The maximum absolute atomic E-state index is 11.7. The fourth-order valence-corrected chi connectivity index (χ4v) is 2.18. The summed E-state index contributed by atoms with van der Waals surface area (Å²) >= 11 is 3.36. The molecule has 0 aliphatic rings. The molecule has 1 aromatic carbocycles. The van der Waals surface area contributed by atoms with Gasteiger partial charge in [-0.15, -0.1) is 0 Å². The van der Waals surface area contributed by atoms with Gasteiger partial charge in [-0.05, 0) is 25.0 Å². The van der Waals surface area contributed by atoms with Crippen LogP contribution in [0.4, 0.5) is 5.69 Å². The Morgan fingerprint density at radius 2 is 2.18 bits per heavy atom. The molecule has 3 nitrogen and oxygen atoms in total. The van der Waals surface area contributed by atoms with Crippen molar-refractivity contribution in [1.29, 1.82) is 0 Å². The Morgan fingerprint density at radius 1 is 1.29 bits per heavy atom. The number of fused-ring (bicyclic) bond motifs is 1. The Morgan fingerprint density at radius 3 is 3.00 bits per heavy atom. The number of carbonyl (C=O) groups excluding carboxylic acids is 1. The molecular formula is C13H15BrN2O. The van der Waals surface area contributed by atoms with Crippen LogP contribution in [0.3, 0.4) is 0 Å². The second-order valence-electron chi connectivity index (χ2n) is 3.94. The Kier molecular flexibility index (Phi) is 4.20. The van der Waals surface area contributed by atoms with E-state index in [1.807, 2.05) is 30.5 Å². The number of H-pyrrole nitrogens is 1. The van der Waals surface area contributed by atoms with E-state index >= 15 is 0 Å². The Labute approximate surface area is 109 Å². The number of aromatic nitrogens is 1. The molecule has 4 heteroatoms. The highest BCUT2D eigenvalue weighted by molar-refractivity contribution is 9.09. The van der Waals surface area contributed by atoms with Gasteiger partial charge in [0.1, 0.15) is 0 Å². The minimum atomic E-state index is 0.0769. The number of amides is 1. The molecule has 1 heterocycles. The van der Waals surface area contributed by atoms with Crippen molar-refractivity contribution >= 4 is 38.4 Å². The number of alkyl halides is 1. The number of rotatable bonds is 5. The van der Waals surface area contributed by atoms with Gasteiger partial charge in [-0.2, -0.15) is 0 Å². The quantitative estimate of drug-likeness (QED) is 0.641. The summed E-state index contributed by atoms with van der Waals surface area (Å²) in [5.41, 5.74) is 1.85. The predicted octanol–water partition coefficient (Wildman–Crippen LogP) is 3.67. The van der Waals surface area contributed by atoms with Crippen molar-refractivity contribution in [3.8, 4) is 0 Å². The van der Waals surface area contributed by atoms with Gasteiger partial charge in [0.2, 0.25) is 5.91 Å². The largest absolute Gasteiger partial charge is 0.359 e. The molecule has 0 unspecified atom stereocenters. The first-order chi connectivity index (χ1) is 8.31. The maximum Gasteiger partial charge on any atom is 0.224 e. The van der Waals surface area contributed by atoms with Crippen LogP contribution >= 0.6 is 15.9 Å². The zero-order valence-corrected chi connectivity index (χ0v) is 11.1. The third kappa shape index (κ3) is 3.09. The van der Waals surface area contributed by atoms with Crippen LogP contribution in [0.5, 0.6) is 0 Å². The van der Waals surface area contributed by atoms with Crippen LogP contribution in [0.25, 0.3) is 10.9 Å². The van der Waals surface area contributed by atoms with E-state index in [1.165, 1.54) is 0 Å². The molecule has 0 radical (unpaired) electrons. The molecule has 1 aromatic heterocycles. The second kappa shape index (κ2) is 5.87. The lowest BCUT2D eigenvalue weighted by Gasteiger charge is -2.06. The van der Waals surface area contributed by atoms with Crippen LogP contribution in [0.15, 0.2) is 30.5 Å². The average molecular weight is 295 g/mol. The number of unbranched alkanes of at least 4 members (excludes halogenated alkanes) is 1. The maximum atomic E-state index is 11.7. The highest BCUT2D eigenvalue weighted by Gasteiger charge is 2.05. The minimum absolute atomic E-state index is 0.0769. The number of benzene rings is 1. The van der Waals surface area contributed by atoms with Gasteiger partial charge in [0.05, 0.1) is 11.2 Å². The lowest BCUT2D eigenvalue weighted by atomic mass is 10.2. The first kappa shape index (κ1) is 12.2. The van der Waals surface area contributed by atoms with E-state index in [0.29, 0.717) is 6.42 Å².